The Labute approximate surface area is 406 Å². The molecule has 2 rings (SSSR count). The Morgan fingerprint density at radius 3 is 1.59 bits per heavy atom. The highest BCUT2D eigenvalue weighted by Crippen LogP contribution is 2.11. The van der Waals surface area contributed by atoms with Crippen molar-refractivity contribution in [2.75, 3.05) is 32.8 Å². The molecular weight excluding hydrogens is 919 g/mol. The monoisotopic (exact) mass is 992 g/mol. The number of hydrogen-bond donors (Lipinski definition) is 16. The Kier molecular flexibility index (Phi) is 25.9. The third kappa shape index (κ3) is 20.0. The number of amides is 10. The van der Waals surface area contributed by atoms with Gasteiger partial charge in [-0.25, -0.2) is 0 Å². The Morgan fingerprint density at radius 2 is 1.11 bits per heavy atom. The molecule has 19 N–H and O–H groups in total. The van der Waals surface area contributed by atoms with Gasteiger partial charge in [0.05, 0.1) is 18.8 Å². The van der Waals surface area contributed by atoms with E-state index in [1.54, 1.807) is 44.2 Å². The smallest absolute Gasteiger partial charge is 0.245 e. The lowest BCUT2D eigenvalue weighted by atomic mass is 10.00. The maximum absolute atomic E-state index is 14.2. The molecule has 1 aliphatic rings. The summed E-state index contributed by atoms with van der Waals surface area (Å²) in [6, 6.07) is -5.08. The summed E-state index contributed by atoms with van der Waals surface area (Å²) in [5.41, 5.74) is 18.1. The largest absolute Gasteiger partial charge is 0.394 e. The molecule has 0 saturated carbocycles. The normalized spacial score (nSPS) is 24.4. The number of nitrogens with one attached hydrogen (secondary N) is 10. The van der Waals surface area contributed by atoms with Gasteiger partial charge in [-0.15, -0.1) is 0 Å². The van der Waals surface area contributed by atoms with Crippen LogP contribution in [0.1, 0.15) is 72.3 Å². The molecule has 1 saturated heterocycles. The summed E-state index contributed by atoms with van der Waals surface area (Å²) in [5, 5.41) is 55.4. The summed E-state index contributed by atoms with van der Waals surface area (Å²) < 4.78 is 0. The molecule has 10 amide bonds. The highest BCUT2D eigenvalue weighted by molar-refractivity contribution is 5.98. The van der Waals surface area contributed by atoms with E-state index in [1.807, 2.05) is 0 Å². The zero-order valence-corrected chi connectivity index (χ0v) is 40.2. The third-order valence-corrected chi connectivity index (χ3v) is 10.9. The lowest BCUT2D eigenvalue weighted by Gasteiger charge is -2.28. The molecule has 11 atom stereocenters. The van der Waals surface area contributed by atoms with Crippen molar-refractivity contribution in [3.63, 3.8) is 0 Å². The van der Waals surface area contributed by atoms with Crippen molar-refractivity contribution in [3.05, 3.63) is 35.9 Å². The number of aliphatic hydroxyl groups is 3. The van der Waals surface area contributed by atoms with Gasteiger partial charge in [0.1, 0.15) is 54.4 Å². The fourth-order valence-corrected chi connectivity index (χ4v) is 7.16. The molecule has 1 aromatic carbocycles. The van der Waals surface area contributed by atoms with Crippen LogP contribution in [0.4, 0.5) is 0 Å². The molecule has 26 heteroatoms. The van der Waals surface area contributed by atoms with Gasteiger partial charge < -0.3 is 85.7 Å². The molecule has 0 aromatic heterocycles. The van der Waals surface area contributed by atoms with Gasteiger partial charge in [-0.2, -0.15) is 0 Å². The fourth-order valence-electron chi connectivity index (χ4n) is 7.16. The van der Waals surface area contributed by atoms with Gasteiger partial charge in [-0.3, -0.25) is 47.9 Å². The lowest BCUT2D eigenvalue weighted by Crippen LogP contribution is -2.61. The average molecular weight is 992 g/mol. The number of carbonyl (C=O) groups is 10. The first-order valence-electron chi connectivity index (χ1n) is 23.2. The maximum Gasteiger partial charge on any atom is 0.245 e. The molecule has 70 heavy (non-hydrogen) atoms. The molecular formula is C44H73N13O13. The van der Waals surface area contributed by atoms with Gasteiger partial charge in [-0.1, -0.05) is 44.2 Å². The van der Waals surface area contributed by atoms with Crippen LogP contribution in [-0.2, 0) is 54.4 Å². The van der Waals surface area contributed by atoms with Crippen LogP contribution in [0.15, 0.2) is 30.3 Å². The van der Waals surface area contributed by atoms with E-state index >= 15 is 0 Å². The molecule has 26 nitrogen and oxygen atoms in total. The Balaban J connectivity index is 2.73. The highest BCUT2D eigenvalue weighted by atomic mass is 16.3. The molecule has 0 spiro atoms. The predicted octanol–water partition coefficient (Wildman–Crippen LogP) is -7.02. The standard InChI is InChI=1S/C44H73N13O13/c1-22(2)19-31-40(66)52-27(11-15-45)36(62)51-29(13-17-47)39(65)57-34(23(3)59)43(69)48-18-14-30(53-42(68)33(21-58)56-44(70)35(24(4)60)49-25(5)61)38(64)50-28(12-16-46)37(63)55-32(41(67)54-31)20-26-9-7-6-8-10-26/h6-10,22-24,27-35,58-60H,11-21,45-47H2,1-5H3,(H,48,69)(H,49,61)(H,50,64)(H,51,62)(H,52,66)(H,53,68)(H,54,67)(H,55,63)(H,56,70)(H,57,65)/t23-,24-,27+,28+,29+,30+,31+,32-,33+,34+,35+/m1/s1. The summed E-state index contributed by atoms with van der Waals surface area (Å²) in [6.07, 6.45) is -4.04. The second-order valence-electron chi connectivity index (χ2n) is 17.4. The quantitative estimate of drug-likeness (QED) is 0.0650. The predicted molar refractivity (Wildman–Crippen MR) is 252 cm³/mol. The van der Waals surface area contributed by atoms with E-state index in [9.17, 15) is 63.3 Å². The molecule has 392 valence electrons. The van der Waals surface area contributed by atoms with Crippen LogP contribution < -0.4 is 70.4 Å². The van der Waals surface area contributed by atoms with Crippen LogP contribution in [0.2, 0.25) is 0 Å². The second-order valence-corrected chi connectivity index (χ2v) is 17.4. The van der Waals surface area contributed by atoms with Crippen LogP contribution in [0.5, 0.6) is 0 Å². The molecule has 0 aliphatic carbocycles. The van der Waals surface area contributed by atoms with E-state index in [2.05, 4.69) is 53.2 Å². The number of benzene rings is 1. The highest BCUT2D eigenvalue weighted by Gasteiger charge is 2.36. The molecule has 0 radical (unpaired) electrons. The van der Waals surface area contributed by atoms with Crippen LogP contribution in [0.25, 0.3) is 0 Å². The second kappa shape index (κ2) is 30.3. The molecule has 0 unspecified atom stereocenters. The SMILES string of the molecule is CC(=O)N[C@H](C(=O)N[C@@H](CO)C(=O)N[C@H]1CCNC(=O)[C@H]([C@@H](C)O)NC(=O)[C@H](CCN)NC(=O)[C@H](CCN)NC(=O)[C@H](CC(C)C)NC(=O)[C@@H](Cc2ccccc2)NC(=O)[C@H](CCN)NC1=O)[C@@H](C)O. The van der Waals surface area contributed by atoms with Gasteiger partial charge in [0.2, 0.25) is 59.1 Å². The average Bonchev–Trinajstić information content (AvgIpc) is 3.29. The number of carbonyl (C=O) groups excluding carboxylic acids is 10. The number of aliphatic hydroxyl groups excluding tert-OH is 3. The fraction of sp³-hybridized carbons (Fsp3) is 0.636. The first-order valence-corrected chi connectivity index (χ1v) is 23.2. The van der Waals surface area contributed by atoms with Crippen molar-refractivity contribution in [1.29, 1.82) is 0 Å². The number of hydrogen-bond acceptors (Lipinski definition) is 16. The van der Waals surface area contributed by atoms with E-state index in [0.717, 1.165) is 6.92 Å². The molecule has 1 aliphatic heterocycles. The van der Waals surface area contributed by atoms with Crippen molar-refractivity contribution >= 4 is 59.1 Å². The van der Waals surface area contributed by atoms with Gasteiger partial charge in [0.15, 0.2) is 0 Å². The van der Waals surface area contributed by atoms with E-state index in [4.69, 9.17) is 17.2 Å². The Hall–Kier alpha value is -6.32. The molecule has 1 aromatic rings. The van der Waals surface area contributed by atoms with Crippen molar-refractivity contribution in [2.24, 2.45) is 23.1 Å². The van der Waals surface area contributed by atoms with Crippen molar-refractivity contribution in [2.45, 2.75) is 140 Å². The van der Waals surface area contributed by atoms with Gasteiger partial charge in [-0.05, 0) is 77.1 Å². The topological polar surface area (TPSA) is 430 Å². The maximum atomic E-state index is 14.2. The Morgan fingerprint density at radius 1 is 0.643 bits per heavy atom. The Bertz CT molecular complexity index is 1940. The number of nitrogens with two attached hydrogens (primary N) is 3. The molecule has 1 heterocycles. The van der Waals surface area contributed by atoms with Crippen LogP contribution >= 0.6 is 0 Å². The van der Waals surface area contributed by atoms with Crippen LogP contribution in [-0.4, -0.2) is 174 Å². The minimum Gasteiger partial charge on any atom is -0.394 e. The zero-order chi connectivity index (χ0) is 52.7. The molecule has 1 fully saturated rings. The van der Waals surface area contributed by atoms with Gasteiger partial charge >= 0.3 is 0 Å². The third-order valence-electron chi connectivity index (χ3n) is 10.9. The summed E-state index contributed by atoms with van der Waals surface area (Å²) in [4.78, 5) is 136. The van der Waals surface area contributed by atoms with E-state index in [1.165, 1.54) is 13.8 Å². The van der Waals surface area contributed by atoms with Crippen LogP contribution in [0, 0.1) is 5.92 Å². The van der Waals surface area contributed by atoms with E-state index in [0.29, 0.717) is 5.56 Å². The summed E-state index contributed by atoms with van der Waals surface area (Å²) in [5.74, 6) is -9.53. The first kappa shape index (κ1) is 59.8. The zero-order valence-electron chi connectivity index (χ0n) is 40.2. The van der Waals surface area contributed by atoms with Crippen molar-refractivity contribution in [1.82, 2.24) is 53.2 Å². The lowest BCUT2D eigenvalue weighted by molar-refractivity contribution is -0.136. The van der Waals surface area contributed by atoms with Crippen molar-refractivity contribution in [3.8, 4) is 0 Å². The van der Waals surface area contributed by atoms with Gasteiger partial charge in [0.25, 0.3) is 0 Å². The summed E-state index contributed by atoms with van der Waals surface area (Å²) >= 11 is 0. The summed E-state index contributed by atoms with van der Waals surface area (Å²) in [6.45, 7) is 5.08. The van der Waals surface area contributed by atoms with Crippen LogP contribution in [0.3, 0.4) is 0 Å². The first-order chi connectivity index (χ1) is 33.1. The molecule has 0 bridgehead atoms. The minimum atomic E-state index is -1.78. The van der Waals surface area contributed by atoms with Crippen molar-refractivity contribution < 1.29 is 63.3 Å². The van der Waals surface area contributed by atoms with E-state index < -0.39 is 145 Å². The summed E-state index contributed by atoms with van der Waals surface area (Å²) in [7, 11) is 0. The van der Waals surface area contributed by atoms with E-state index in [-0.39, 0.29) is 57.7 Å². The van der Waals surface area contributed by atoms with Gasteiger partial charge in [0, 0.05) is 19.9 Å². The minimum absolute atomic E-state index is 0.0533. The number of rotatable bonds is 18.